The Balaban J connectivity index is 1.79. The summed E-state index contributed by atoms with van der Waals surface area (Å²) in [4.78, 5) is 41.8. The number of nitro benzene ring substituents is 1. The summed E-state index contributed by atoms with van der Waals surface area (Å²) in [6.07, 6.45) is 0. The molecule has 0 aliphatic carbocycles. The van der Waals surface area contributed by atoms with Gasteiger partial charge in [-0.2, -0.15) is 0 Å². The van der Waals surface area contributed by atoms with E-state index in [1.807, 2.05) is 7.05 Å². The van der Waals surface area contributed by atoms with Gasteiger partial charge in [0.05, 0.1) is 11.5 Å². The normalized spacial score (nSPS) is 14.5. The zero-order chi connectivity index (χ0) is 21.0. The molecule has 1 heterocycles. The van der Waals surface area contributed by atoms with Crippen molar-refractivity contribution in [2.45, 2.75) is 0 Å². The van der Waals surface area contributed by atoms with E-state index in [9.17, 15) is 19.7 Å². The van der Waals surface area contributed by atoms with E-state index in [0.717, 1.165) is 13.1 Å². The Morgan fingerprint density at radius 2 is 1.69 bits per heavy atom. The zero-order valence-corrected chi connectivity index (χ0v) is 16.6. The molecule has 0 bridgehead atoms. The maximum atomic E-state index is 12.6. The number of rotatable bonds is 6. The molecule has 0 atom stereocenters. The second-order valence-corrected chi connectivity index (χ2v) is 7.20. The van der Waals surface area contributed by atoms with E-state index in [4.69, 9.17) is 0 Å². The molecule has 1 aliphatic rings. The molecule has 2 aromatic carbocycles. The third-order valence-corrected chi connectivity index (χ3v) is 5.11. The predicted octanol–water partition coefficient (Wildman–Crippen LogP) is 2.04. The highest BCUT2D eigenvalue weighted by Crippen LogP contribution is 2.29. The van der Waals surface area contributed by atoms with Crippen LogP contribution in [-0.2, 0) is 4.79 Å². The van der Waals surface area contributed by atoms with Gasteiger partial charge in [-0.05, 0) is 19.2 Å². The molecule has 1 fully saturated rings. The maximum absolute atomic E-state index is 12.6. The molecule has 0 radical (unpaired) electrons. The molecule has 0 aromatic heterocycles. The number of amides is 1. The number of nitrogens with zero attached hydrogens (tertiary/aromatic N) is 4. The summed E-state index contributed by atoms with van der Waals surface area (Å²) >= 11 is 0. The van der Waals surface area contributed by atoms with Crippen molar-refractivity contribution in [2.24, 2.45) is 0 Å². The lowest BCUT2D eigenvalue weighted by Crippen LogP contribution is -2.49. The molecule has 0 saturated carbocycles. The Bertz CT molecular complexity index is 908. The molecule has 1 amide bonds. The Morgan fingerprint density at radius 3 is 2.31 bits per heavy atom. The van der Waals surface area contributed by atoms with Crippen LogP contribution in [0, 0.1) is 10.1 Å². The van der Waals surface area contributed by atoms with Crippen LogP contribution in [0.15, 0.2) is 48.5 Å². The number of hydrogen-bond donors (Lipinski definition) is 0. The zero-order valence-electron chi connectivity index (χ0n) is 16.6. The van der Waals surface area contributed by atoms with Gasteiger partial charge in [-0.1, -0.05) is 30.3 Å². The van der Waals surface area contributed by atoms with E-state index in [-0.39, 0.29) is 29.5 Å². The second-order valence-electron chi connectivity index (χ2n) is 7.20. The SMILES string of the molecule is CN1CCN(C(=O)CN(C)c2ccc(C(=O)c3ccccc3)cc2[N+](=O)[O-])CC1. The quantitative estimate of drug-likeness (QED) is 0.422. The average molecular weight is 396 g/mol. The van der Waals surface area contributed by atoms with E-state index in [1.165, 1.54) is 12.1 Å². The Hall–Kier alpha value is -3.26. The minimum atomic E-state index is -0.520. The minimum absolute atomic E-state index is 0.0382. The number of carbonyl (C=O) groups is 2. The van der Waals surface area contributed by atoms with E-state index in [2.05, 4.69) is 4.90 Å². The fraction of sp³-hybridized carbons (Fsp3) is 0.333. The first-order valence-electron chi connectivity index (χ1n) is 9.42. The maximum Gasteiger partial charge on any atom is 0.293 e. The number of hydrogen-bond acceptors (Lipinski definition) is 6. The van der Waals surface area contributed by atoms with E-state index in [0.29, 0.717) is 24.3 Å². The van der Waals surface area contributed by atoms with Gasteiger partial charge in [-0.3, -0.25) is 19.7 Å². The molecule has 0 spiro atoms. The molecular weight excluding hydrogens is 372 g/mol. The lowest BCUT2D eigenvalue weighted by Gasteiger charge is -2.33. The summed E-state index contributed by atoms with van der Waals surface area (Å²) in [7, 11) is 3.66. The van der Waals surface area contributed by atoms with Crippen LogP contribution < -0.4 is 4.90 Å². The fourth-order valence-corrected chi connectivity index (χ4v) is 3.33. The fourth-order valence-electron chi connectivity index (χ4n) is 3.33. The largest absolute Gasteiger partial charge is 0.360 e. The number of piperazine rings is 1. The number of anilines is 1. The van der Waals surface area contributed by atoms with Crippen molar-refractivity contribution >= 4 is 23.1 Å². The van der Waals surface area contributed by atoms with Crippen LogP contribution in [0.2, 0.25) is 0 Å². The first kappa shape index (κ1) is 20.5. The molecule has 2 aromatic rings. The summed E-state index contributed by atoms with van der Waals surface area (Å²) < 4.78 is 0. The average Bonchev–Trinajstić information content (AvgIpc) is 2.73. The van der Waals surface area contributed by atoms with Crippen LogP contribution in [0.1, 0.15) is 15.9 Å². The van der Waals surface area contributed by atoms with E-state index < -0.39 is 4.92 Å². The lowest BCUT2D eigenvalue weighted by atomic mass is 10.0. The number of nitro groups is 1. The Morgan fingerprint density at radius 1 is 1.03 bits per heavy atom. The van der Waals surface area contributed by atoms with Crippen LogP contribution in [-0.4, -0.2) is 73.2 Å². The van der Waals surface area contributed by atoms with Gasteiger partial charge >= 0.3 is 0 Å². The predicted molar refractivity (Wildman–Crippen MR) is 110 cm³/mol. The number of carbonyl (C=O) groups excluding carboxylic acids is 2. The molecule has 8 heteroatoms. The summed E-state index contributed by atoms with van der Waals surface area (Å²) in [5, 5.41) is 11.6. The van der Waals surface area contributed by atoms with Crippen molar-refractivity contribution in [3.63, 3.8) is 0 Å². The highest BCUT2D eigenvalue weighted by atomic mass is 16.6. The molecule has 152 valence electrons. The third-order valence-electron chi connectivity index (χ3n) is 5.11. The molecular formula is C21H24N4O4. The molecule has 1 saturated heterocycles. The highest BCUT2D eigenvalue weighted by Gasteiger charge is 2.24. The van der Waals surface area contributed by atoms with Gasteiger partial charge in [0, 0.05) is 50.4 Å². The van der Waals surface area contributed by atoms with Crippen molar-refractivity contribution in [2.75, 3.05) is 51.7 Å². The molecule has 1 aliphatic heterocycles. The van der Waals surface area contributed by atoms with Crippen LogP contribution in [0.4, 0.5) is 11.4 Å². The van der Waals surface area contributed by atoms with Gasteiger partial charge < -0.3 is 14.7 Å². The molecule has 8 nitrogen and oxygen atoms in total. The minimum Gasteiger partial charge on any atom is -0.360 e. The van der Waals surface area contributed by atoms with Gasteiger partial charge in [0.2, 0.25) is 5.91 Å². The Kier molecular flexibility index (Phi) is 6.23. The van der Waals surface area contributed by atoms with Gasteiger partial charge in [0.25, 0.3) is 5.69 Å². The van der Waals surface area contributed by atoms with Gasteiger partial charge in [0.1, 0.15) is 5.69 Å². The van der Waals surface area contributed by atoms with Crippen molar-refractivity contribution in [1.29, 1.82) is 0 Å². The third kappa shape index (κ3) is 4.78. The Labute approximate surface area is 169 Å². The van der Waals surface area contributed by atoms with Crippen molar-refractivity contribution < 1.29 is 14.5 Å². The molecule has 3 rings (SSSR count). The summed E-state index contributed by atoms with van der Waals surface area (Å²) in [6, 6.07) is 13.0. The van der Waals surface area contributed by atoms with Crippen LogP contribution in [0.3, 0.4) is 0 Å². The summed E-state index contributed by atoms with van der Waals surface area (Å²) in [5.74, 6) is -0.351. The van der Waals surface area contributed by atoms with Crippen LogP contribution >= 0.6 is 0 Å². The number of likely N-dealkylation sites (N-methyl/N-ethyl adjacent to an activating group) is 2. The smallest absolute Gasteiger partial charge is 0.293 e. The van der Waals surface area contributed by atoms with E-state index >= 15 is 0 Å². The van der Waals surface area contributed by atoms with Crippen molar-refractivity contribution in [3.8, 4) is 0 Å². The number of benzene rings is 2. The first-order chi connectivity index (χ1) is 13.9. The lowest BCUT2D eigenvalue weighted by molar-refractivity contribution is -0.384. The van der Waals surface area contributed by atoms with Crippen LogP contribution in [0.5, 0.6) is 0 Å². The summed E-state index contributed by atoms with van der Waals surface area (Å²) in [5.41, 5.74) is 0.820. The highest BCUT2D eigenvalue weighted by molar-refractivity contribution is 6.09. The second kappa shape index (κ2) is 8.83. The number of ketones is 1. The molecule has 0 unspecified atom stereocenters. The van der Waals surface area contributed by atoms with Gasteiger partial charge in [-0.15, -0.1) is 0 Å². The summed E-state index contributed by atoms with van der Waals surface area (Å²) in [6.45, 7) is 2.96. The topological polar surface area (TPSA) is 87.0 Å². The molecule has 0 N–H and O–H groups in total. The van der Waals surface area contributed by atoms with Crippen molar-refractivity contribution in [3.05, 3.63) is 69.8 Å². The van der Waals surface area contributed by atoms with Gasteiger partial charge in [-0.25, -0.2) is 0 Å². The standard InChI is InChI=1S/C21H24N4O4/c1-22-10-12-24(13-11-22)20(26)15-23(2)18-9-8-17(14-19(18)25(28)29)21(27)16-6-4-3-5-7-16/h3-9,14H,10-13,15H2,1-2H3. The monoisotopic (exact) mass is 396 g/mol. The van der Waals surface area contributed by atoms with E-state index in [1.54, 1.807) is 53.2 Å². The van der Waals surface area contributed by atoms with Crippen molar-refractivity contribution in [1.82, 2.24) is 9.80 Å². The molecule has 29 heavy (non-hydrogen) atoms. The first-order valence-corrected chi connectivity index (χ1v) is 9.42. The van der Waals surface area contributed by atoms with Gasteiger partial charge in [0.15, 0.2) is 5.78 Å². The van der Waals surface area contributed by atoms with Crippen LogP contribution in [0.25, 0.3) is 0 Å².